The van der Waals surface area contributed by atoms with Gasteiger partial charge in [0.1, 0.15) is 17.1 Å². The molecule has 0 saturated carbocycles. The summed E-state index contributed by atoms with van der Waals surface area (Å²) in [7, 11) is 1.60. The van der Waals surface area contributed by atoms with E-state index in [2.05, 4.69) is 0 Å². The summed E-state index contributed by atoms with van der Waals surface area (Å²) in [6.07, 6.45) is 0.710. The zero-order chi connectivity index (χ0) is 11.7. The van der Waals surface area contributed by atoms with Crippen LogP contribution in [0, 0.1) is 6.92 Å². The predicted molar refractivity (Wildman–Crippen MR) is 63.2 cm³/mol. The van der Waals surface area contributed by atoms with E-state index in [4.69, 9.17) is 9.15 Å². The molecule has 1 aromatic heterocycles. The zero-order valence-electron chi connectivity index (χ0n) is 9.66. The van der Waals surface area contributed by atoms with Crippen molar-refractivity contribution in [2.24, 2.45) is 0 Å². The van der Waals surface area contributed by atoms with Crippen LogP contribution in [0.5, 0.6) is 5.75 Å². The third-order valence-corrected chi connectivity index (χ3v) is 2.64. The Hall–Kier alpha value is -1.77. The van der Waals surface area contributed by atoms with Gasteiger partial charge < -0.3 is 9.15 Å². The first-order valence-electron chi connectivity index (χ1n) is 5.27. The van der Waals surface area contributed by atoms with Crippen molar-refractivity contribution in [2.45, 2.75) is 20.3 Å². The lowest BCUT2D eigenvalue weighted by Gasteiger charge is -2.06. The number of benzene rings is 1. The molecule has 1 heterocycles. The monoisotopic (exact) mass is 218 g/mol. The van der Waals surface area contributed by atoms with Crippen LogP contribution in [-0.2, 0) is 6.42 Å². The van der Waals surface area contributed by atoms with E-state index in [1.54, 1.807) is 19.2 Å². The molecule has 2 aromatic rings. The van der Waals surface area contributed by atoms with Gasteiger partial charge in [-0.05, 0) is 18.6 Å². The Morgan fingerprint density at radius 3 is 2.69 bits per heavy atom. The highest BCUT2D eigenvalue weighted by Gasteiger charge is 2.08. The number of methoxy groups -OCH3 is 1. The summed E-state index contributed by atoms with van der Waals surface area (Å²) in [5, 5.41) is 0.637. The lowest BCUT2D eigenvalue weighted by atomic mass is 10.1. The highest BCUT2D eigenvalue weighted by atomic mass is 16.5. The Balaban J connectivity index is 2.84. The molecule has 0 unspecified atom stereocenters. The van der Waals surface area contributed by atoms with Gasteiger partial charge in [-0.1, -0.05) is 6.92 Å². The predicted octanol–water partition coefficient (Wildman–Crippen LogP) is 2.67. The van der Waals surface area contributed by atoms with Gasteiger partial charge in [-0.25, -0.2) is 0 Å². The van der Waals surface area contributed by atoms with Gasteiger partial charge in [0.2, 0.25) is 0 Å². The molecule has 2 rings (SSSR count). The molecule has 1 aromatic carbocycles. The number of ether oxygens (including phenoxy) is 1. The quantitative estimate of drug-likeness (QED) is 0.778. The summed E-state index contributed by atoms with van der Waals surface area (Å²) in [6, 6.07) is 5.15. The molecule has 84 valence electrons. The van der Waals surface area contributed by atoms with Crippen LogP contribution in [0.3, 0.4) is 0 Å². The van der Waals surface area contributed by atoms with E-state index >= 15 is 0 Å². The van der Waals surface area contributed by atoms with Gasteiger partial charge in [0.25, 0.3) is 0 Å². The van der Waals surface area contributed by atoms with Crippen LogP contribution in [-0.4, -0.2) is 7.11 Å². The minimum atomic E-state index is 0.0123. The summed E-state index contributed by atoms with van der Waals surface area (Å²) >= 11 is 0. The van der Waals surface area contributed by atoms with E-state index in [-0.39, 0.29) is 5.43 Å². The fourth-order valence-electron chi connectivity index (χ4n) is 1.80. The summed E-state index contributed by atoms with van der Waals surface area (Å²) in [5.41, 5.74) is 1.49. The molecule has 0 atom stereocenters. The number of hydrogen-bond donors (Lipinski definition) is 0. The van der Waals surface area contributed by atoms with Crippen molar-refractivity contribution in [3.63, 3.8) is 0 Å². The average molecular weight is 218 g/mol. The van der Waals surface area contributed by atoms with E-state index in [1.807, 2.05) is 19.9 Å². The summed E-state index contributed by atoms with van der Waals surface area (Å²) in [5.74, 6) is 1.41. The molecule has 0 spiro atoms. The lowest BCUT2D eigenvalue weighted by molar-refractivity contribution is 0.413. The molecule has 0 aliphatic carbocycles. The maximum absolute atomic E-state index is 11.9. The first-order chi connectivity index (χ1) is 7.65. The van der Waals surface area contributed by atoms with Gasteiger partial charge in [-0.15, -0.1) is 0 Å². The summed E-state index contributed by atoms with van der Waals surface area (Å²) in [6.45, 7) is 3.84. The van der Waals surface area contributed by atoms with Gasteiger partial charge in [-0.2, -0.15) is 0 Å². The van der Waals surface area contributed by atoms with E-state index in [0.29, 0.717) is 28.9 Å². The summed E-state index contributed by atoms with van der Waals surface area (Å²) in [4.78, 5) is 11.9. The Labute approximate surface area is 93.7 Å². The number of rotatable bonds is 2. The summed E-state index contributed by atoms with van der Waals surface area (Å²) < 4.78 is 10.8. The second kappa shape index (κ2) is 4.00. The molecule has 0 N–H and O–H groups in total. The largest absolute Gasteiger partial charge is 0.497 e. The average Bonchev–Trinajstić information content (AvgIpc) is 2.27. The van der Waals surface area contributed by atoms with E-state index in [1.165, 1.54) is 0 Å². The van der Waals surface area contributed by atoms with Crippen LogP contribution in [0.4, 0.5) is 0 Å². The third-order valence-electron chi connectivity index (χ3n) is 2.64. The van der Waals surface area contributed by atoms with Crippen molar-refractivity contribution >= 4 is 11.0 Å². The molecular weight excluding hydrogens is 204 g/mol. The van der Waals surface area contributed by atoms with Gasteiger partial charge >= 0.3 is 0 Å². The Bertz CT molecular complexity index is 576. The molecule has 0 saturated heterocycles. The van der Waals surface area contributed by atoms with Crippen molar-refractivity contribution in [3.8, 4) is 5.75 Å². The molecule has 0 fully saturated rings. The van der Waals surface area contributed by atoms with E-state index in [0.717, 1.165) is 5.56 Å². The van der Waals surface area contributed by atoms with Crippen LogP contribution >= 0.6 is 0 Å². The highest BCUT2D eigenvalue weighted by Crippen LogP contribution is 2.23. The standard InChI is InChI=1S/C13H14O3/c1-4-9-6-11(14)13-8(2)5-10(15-3)7-12(13)16-9/h5-7H,4H2,1-3H3. The molecular formula is C13H14O3. The minimum Gasteiger partial charge on any atom is -0.497 e. The third kappa shape index (κ3) is 1.69. The fraction of sp³-hybridized carbons (Fsp3) is 0.308. The highest BCUT2D eigenvalue weighted by molar-refractivity contribution is 5.81. The topological polar surface area (TPSA) is 39.4 Å². The molecule has 0 amide bonds. The smallest absolute Gasteiger partial charge is 0.193 e. The van der Waals surface area contributed by atoms with Gasteiger partial charge in [-0.3, -0.25) is 4.79 Å². The van der Waals surface area contributed by atoms with Crippen molar-refractivity contribution in [3.05, 3.63) is 39.7 Å². The van der Waals surface area contributed by atoms with Gasteiger partial charge in [0, 0.05) is 18.6 Å². The van der Waals surface area contributed by atoms with Crippen molar-refractivity contribution in [1.82, 2.24) is 0 Å². The number of hydrogen-bond acceptors (Lipinski definition) is 3. The molecule has 16 heavy (non-hydrogen) atoms. The van der Waals surface area contributed by atoms with Crippen LogP contribution in [0.15, 0.2) is 27.4 Å². The Kier molecular flexibility index (Phi) is 2.69. The lowest BCUT2D eigenvalue weighted by Crippen LogP contribution is -2.03. The minimum absolute atomic E-state index is 0.0123. The van der Waals surface area contributed by atoms with Crippen LogP contribution in [0.25, 0.3) is 11.0 Å². The molecule has 0 aliphatic heterocycles. The SMILES string of the molecule is CCc1cc(=O)c2c(C)cc(OC)cc2o1. The first-order valence-corrected chi connectivity index (χ1v) is 5.27. The van der Waals surface area contributed by atoms with E-state index in [9.17, 15) is 4.79 Å². The molecule has 0 aliphatic rings. The normalized spacial score (nSPS) is 10.7. The number of aryl methyl sites for hydroxylation is 2. The Morgan fingerprint density at radius 2 is 2.06 bits per heavy atom. The fourth-order valence-corrected chi connectivity index (χ4v) is 1.80. The van der Waals surface area contributed by atoms with Crippen LogP contribution in [0.1, 0.15) is 18.2 Å². The van der Waals surface area contributed by atoms with Gasteiger partial charge in [0.15, 0.2) is 5.43 Å². The molecule has 3 heteroatoms. The maximum atomic E-state index is 11.9. The van der Waals surface area contributed by atoms with Crippen molar-refractivity contribution in [2.75, 3.05) is 7.11 Å². The van der Waals surface area contributed by atoms with E-state index < -0.39 is 0 Å². The van der Waals surface area contributed by atoms with Crippen LogP contribution < -0.4 is 10.2 Å². The number of fused-ring (bicyclic) bond motifs is 1. The first kappa shape index (κ1) is 10.7. The second-order valence-corrected chi connectivity index (χ2v) is 3.75. The van der Waals surface area contributed by atoms with Crippen molar-refractivity contribution < 1.29 is 9.15 Å². The molecule has 3 nitrogen and oxygen atoms in total. The molecule has 0 radical (unpaired) electrons. The zero-order valence-corrected chi connectivity index (χ0v) is 9.66. The maximum Gasteiger partial charge on any atom is 0.193 e. The van der Waals surface area contributed by atoms with Crippen molar-refractivity contribution in [1.29, 1.82) is 0 Å². The second-order valence-electron chi connectivity index (χ2n) is 3.75. The Morgan fingerprint density at radius 1 is 1.31 bits per heavy atom. The van der Waals surface area contributed by atoms with Gasteiger partial charge in [0.05, 0.1) is 12.5 Å². The van der Waals surface area contributed by atoms with Crippen LogP contribution in [0.2, 0.25) is 0 Å². The molecule has 0 bridgehead atoms.